The zero-order valence-electron chi connectivity index (χ0n) is 12.2. The van der Waals surface area contributed by atoms with Gasteiger partial charge in [-0.05, 0) is 29.3 Å². The molecule has 1 heterocycles. The van der Waals surface area contributed by atoms with Crippen LogP contribution in [-0.4, -0.2) is 16.7 Å². The minimum atomic E-state index is -0.229. The molecule has 2 aromatic carbocycles. The van der Waals surface area contributed by atoms with Crippen molar-refractivity contribution in [2.75, 3.05) is 6.61 Å². The first kappa shape index (κ1) is 14.2. The summed E-state index contributed by atoms with van der Waals surface area (Å²) in [5.41, 5.74) is 4.04. The Balaban J connectivity index is 2.04. The number of aromatic amines is 1. The highest BCUT2D eigenvalue weighted by Crippen LogP contribution is 2.33. The predicted molar refractivity (Wildman–Crippen MR) is 88.9 cm³/mol. The lowest BCUT2D eigenvalue weighted by molar-refractivity contribution is 0.218. The molecule has 0 aliphatic heterocycles. The number of H-pyrrole nitrogens is 1. The largest absolute Gasteiger partial charge is 0.395 e. The van der Waals surface area contributed by atoms with Crippen molar-refractivity contribution in [3.8, 4) is 11.1 Å². The molecule has 0 atom stereocenters. The van der Waals surface area contributed by atoms with Gasteiger partial charge in [-0.1, -0.05) is 49.7 Å². The molecule has 0 radical (unpaired) electrons. The SMILES string of the molecule is CC(C)(CO)c1ccc(-c2cc3cc[nH]c3cc2Cl)cc1. The minimum Gasteiger partial charge on any atom is -0.395 e. The lowest BCUT2D eigenvalue weighted by Crippen LogP contribution is -2.21. The molecule has 2 N–H and O–H groups in total. The molecule has 3 rings (SSSR count). The van der Waals surface area contributed by atoms with E-state index in [-0.39, 0.29) is 12.0 Å². The molecule has 0 aliphatic carbocycles. The highest BCUT2D eigenvalue weighted by molar-refractivity contribution is 6.34. The van der Waals surface area contributed by atoms with Crippen LogP contribution in [0, 0.1) is 0 Å². The van der Waals surface area contributed by atoms with Crippen LogP contribution >= 0.6 is 11.6 Å². The van der Waals surface area contributed by atoms with E-state index in [0.29, 0.717) is 0 Å². The Morgan fingerprint density at radius 2 is 1.81 bits per heavy atom. The number of aromatic nitrogens is 1. The highest BCUT2D eigenvalue weighted by Gasteiger charge is 2.19. The number of hydrogen-bond donors (Lipinski definition) is 2. The highest BCUT2D eigenvalue weighted by atomic mass is 35.5. The van der Waals surface area contributed by atoms with Gasteiger partial charge in [-0.3, -0.25) is 0 Å². The third kappa shape index (κ3) is 2.57. The van der Waals surface area contributed by atoms with Crippen LogP contribution in [0.2, 0.25) is 5.02 Å². The van der Waals surface area contributed by atoms with Gasteiger partial charge in [0.15, 0.2) is 0 Å². The molecule has 0 spiro atoms. The van der Waals surface area contributed by atoms with Gasteiger partial charge in [0.25, 0.3) is 0 Å². The molecule has 3 aromatic rings. The van der Waals surface area contributed by atoms with Gasteiger partial charge in [0.05, 0.1) is 11.6 Å². The standard InChI is InChI=1S/C18H18ClNO/c1-18(2,11-21)14-5-3-12(4-6-14)15-9-13-7-8-20-17(13)10-16(15)19/h3-10,20-21H,11H2,1-2H3. The summed E-state index contributed by atoms with van der Waals surface area (Å²) in [4.78, 5) is 3.16. The zero-order valence-corrected chi connectivity index (χ0v) is 12.9. The van der Waals surface area contributed by atoms with Gasteiger partial charge in [0.2, 0.25) is 0 Å². The van der Waals surface area contributed by atoms with Gasteiger partial charge in [0.1, 0.15) is 0 Å². The third-order valence-electron chi connectivity index (χ3n) is 4.01. The molecule has 0 amide bonds. The fourth-order valence-corrected chi connectivity index (χ4v) is 2.76. The number of aliphatic hydroxyl groups is 1. The van der Waals surface area contributed by atoms with E-state index in [2.05, 4.69) is 35.3 Å². The van der Waals surface area contributed by atoms with E-state index in [1.165, 1.54) is 0 Å². The topological polar surface area (TPSA) is 36.0 Å². The van der Waals surface area contributed by atoms with Crippen molar-refractivity contribution in [3.05, 3.63) is 59.2 Å². The fourth-order valence-electron chi connectivity index (χ4n) is 2.49. The third-order valence-corrected chi connectivity index (χ3v) is 4.33. The number of aliphatic hydroxyl groups excluding tert-OH is 1. The molecule has 0 unspecified atom stereocenters. The Labute approximate surface area is 129 Å². The summed E-state index contributed by atoms with van der Waals surface area (Å²) in [6, 6.07) is 14.3. The average molecular weight is 300 g/mol. The number of benzene rings is 2. The molecule has 3 heteroatoms. The number of fused-ring (bicyclic) bond motifs is 1. The van der Waals surface area contributed by atoms with Crippen molar-refractivity contribution < 1.29 is 5.11 Å². The van der Waals surface area contributed by atoms with Gasteiger partial charge in [-0.25, -0.2) is 0 Å². The predicted octanol–water partition coefficient (Wildman–Crippen LogP) is 4.76. The molecule has 0 aliphatic rings. The van der Waals surface area contributed by atoms with E-state index in [1.54, 1.807) is 0 Å². The molecule has 0 fully saturated rings. The molecule has 108 valence electrons. The summed E-state index contributed by atoms with van der Waals surface area (Å²) >= 11 is 6.39. The molecule has 0 bridgehead atoms. The van der Waals surface area contributed by atoms with E-state index in [9.17, 15) is 5.11 Å². The van der Waals surface area contributed by atoms with Gasteiger partial charge < -0.3 is 10.1 Å². The molecule has 2 nitrogen and oxygen atoms in total. The van der Waals surface area contributed by atoms with Crippen LogP contribution in [0.3, 0.4) is 0 Å². The molecule has 0 saturated heterocycles. The monoisotopic (exact) mass is 299 g/mol. The Bertz CT molecular complexity index is 772. The van der Waals surface area contributed by atoms with Crippen LogP contribution in [-0.2, 0) is 5.41 Å². The van der Waals surface area contributed by atoms with Crippen molar-refractivity contribution in [3.63, 3.8) is 0 Å². The van der Waals surface area contributed by atoms with Gasteiger partial charge in [-0.2, -0.15) is 0 Å². The van der Waals surface area contributed by atoms with Crippen LogP contribution in [0.4, 0.5) is 0 Å². The van der Waals surface area contributed by atoms with E-state index in [1.807, 2.05) is 32.2 Å². The Morgan fingerprint density at radius 1 is 1.10 bits per heavy atom. The average Bonchev–Trinajstić information content (AvgIpc) is 2.93. The van der Waals surface area contributed by atoms with Crippen LogP contribution in [0.1, 0.15) is 19.4 Å². The summed E-state index contributed by atoms with van der Waals surface area (Å²) in [5.74, 6) is 0. The maximum atomic E-state index is 9.45. The van der Waals surface area contributed by atoms with Crippen molar-refractivity contribution in [2.24, 2.45) is 0 Å². The van der Waals surface area contributed by atoms with Gasteiger partial charge in [-0.15, -0.1) is 0 Å². The van der Waals surface area contributed by atoms with Crippen molar-refractivity contribution >= 4 is 22.5 Å². The van der Waals surface area contributed by atoms with Gasteiger partial charge in [0, 0.05) is 28.1 Å². The quantitative estimate of drug-likeness (QED) is 0.719. The smallest absolute Gasteiger partial charge is 0.0522 e. The van der Waals surface area contributed by atoms with Crippen molar-refractivity contribution in [1.82, 2.24) is 4.98 Å². The van der Waals surface area contributed by atoms with E-state index >= 15 is 0 Å². The first-order valence-electron chi connectivity index (χ1n) is 7.00. The second-order valence-corrected chi connectivity index (χ2v) is 6.42. The lowest BCUT2D eigenvalue weighted by Gasteiger charge is -2.22. The van der Waals surface area contributed by atoms with Crippen LogP contribution < -0.4 is 0 Å². The molecular formula is C18H18ClNO. The summed E-state index contributed by atoms with van der Waals surface area (Å²) in [7, 11) is 0. The maximum absolute atomic E-state index is 9.45. The number of halogens is 1. The molecule has 1 aromatic heterocycles. The zero-order chi connectivity index (χ0) is 15.0. The normalized spacial score (nSPS) is 12.0. The Hall–Kier alpha value is -1.77. The number of nitrogens with one attached hydrogen (secondary N) is 1. The molecular weight excluding hydrogens is 282 g/mol. The number of hydrogen-bond acceptors (Lipinski definition) is 1. The Morgan fingerprint density at radius 3 is 2.48 bits per heavy atom. The summed E-state index contributed by atoms with van der Waals surface area (Å²) in [5, 5.41) is 11.3. The minimum absolute atomic E-state index is 0.127. The fraction of sp³-hybridized carbons (Fsp3) is 0.222. The number of rotatable bonds is 3. The van der Waals surface area contributed by atoms with Crippen LogP contribution in [0.5, 0.6) is 0 Å². The van der Waals surface area contributed by atoms with E-state index in [4.69, 9.17) is 11.6 Å². The second kappa shape index (κ2) is 5.21. The van der Waals surface area contributed by atoms with Crippen molar-refractivity contribution in [2.45, 2.75) is 19.3 Å². The first-order chi connectivity index (χ1) is 10.0. The molecule has 0 saturated carbocycles. The van der Waals surface area contributed by atoms with Crippen molar-refractivity contribution in [1.29, 1.82) is 0 Å². The lowest BCUT2D eigenvalue weighted by atomic mass is 9.85. The Kier molecular flexibility index (Phi) is 3.52. The van der Waals surface area contributed by atoms with Gasteiger partial charge >= 0.3 is 0 Å². The van der Waals surface area contributed by atoms with E-state index in [0.717, 1.165) is 32.6 Å². The first-order valence-corrected chi connectivity index (χ1v) is 7.37. The van der Waals surface area contributed by atoms with Crippen LogP contribution in [0.25, 0.3) is 22.0 Å². The summed E-state index contributed by atoms with van der Waals surface area (Å²) in [6.45, 7) is 4.18. The van der Waals surface area contributed by atoms with Crippen LogP contribution in [0.15, 0.2) is 48.7 Å². The van der Waals surface area contributed by atoms with E-state index < -0.39 is 0 Å². The summed E-state index contributed by atoms with van der Waals surface area (Å²) < 4.78 is 0. The molecule has 21 heavy (non-hydrogen) atoms. The maximum Gasteiger partial charge on any atom is 0.0522 e. The summed E-state index contributed by atoms with van der Waals surface area (Å²) in [6.07, 6.45) is 1.91. The second-order valence-electron chi connectivity index (χ2n) is 6.02.